The zero-order chi connectivity index (χ0) is 26.4. The van der Waals surface area contributed by atoms with Crippen molar-refractivity contribution in [2.45, 2.75) is 5.16 Å². The fraction of sp³-hybridized carbons (Fsp3) is 0.154. The lowest BCUT2D eigenvalue weighted by atomic mass is 10.1. The van der Waals surface area contributed by atoms with E-state index in [1.54, 1.807) is 36.4 Å². The third kappa shape index (κ3) is 5.71. The van der Waals surface area contributed by atoms with E-state index in [0.717, 1.165) is 11.8 Å². The van der Waals surface area contributed by atoms with Crippen LogP contribution >= 0.6 is 23.4 Å². The number of thioether (sulfide) groups is 1. The first-order valence-corrected chi connectivity index (χ1v) is 12.4. The van der Waals surface area contributed by atoms with Gasteiger partial charge in [-0.25, -0.2) is 4.57 Å². The lowest BCUT2D eigenvalue weighted by Crippen LogP contribution is -2.18. The van der Waals surface area contributed by atoms with Crippen molar-refractivity contribution in [2.24, 2.45) is 0 Å². The van der Waals surface area contributed by atoms with E-state index < -0.39 is 5.91 Å². The van der Waals surface area contributed by atoms with Crippen molar-refractivity contribution in [3.63, 3.8) is 0 Å². The quantitative estimate of drug-likeness (QED) is 0.295. The van der Waals surface area contributed by atoms with Crippen LogP contribution in [-0.4, -0.2) is 53.7 Å². The van der Waals surface area contributed by atoms with Gasteiger partial charge in [0.1, 0.15) is 0 Å². The van der Waals surface area contributed by atoms with Crippen LogP contribution in [0.3, 0.4) is 0 Å². The normalized spacial score (nSPS) is 10.6. The van der Waals surface area contributed by atoms with Crippen LogP contribution in [-0.2, 0) is 4.79 Å². The van der Waals surface area contributed by atoms with Crippen LogP contribution in [0.25, 0.3) is 11.4 Å². The number of rotatable bonds is 9. The third-order valence-electron chi connectivity index (χ3n) is 5.25. The van der Waals surface area contributed by atoms with E-state index in [1.165, 1.54) is 38.0 Å². The molecule has 0 aliphatic carbocycles. The van der Waals surface area contributed by atoms with Gasteiger partial charge in [-0.3, -0.25) is 9.59 Å². The number of amides is 1. The van der Waals surface area contributed by atoms with Crippen LogP contribution in [0.4, 0.5) is 5.69 Å². The summed E-state index contributed by atoms with van der Waals surface area (Å²) < 4.78 is 17.5. The molecule has 0 saturated carbocycles. The van der Waals surface area contributed by atoms with Crippen molar-refractivity contribution < 1.29 is 23.8 Å². The average Bonchev–Trinajstić information content (AvgIpc) is 3.35. The Balaban J connectivity index is 1.73. The maximum Gasteiger partial charge on any atom is 0.266 e. The van der Waals surface area contributed by atoms with Crippen LogP contribution in [0.1, 0.15) is 10.4 Å². The Bertz CT molecular complexity index is 1400. The summed E-state index contributed by atoms with van der Waals surface area (Å²) in [6, 6.07) is 19.1. The van der Waals surface area contributed by atoms with Gasteiger partial charge in [0, 0.05) is 16.8 Å². The molecule has 11 heteroatoms. The average molecular weight is 539 g/mol. The summed E-state index contributed by atoms with van der Waals surface area (Å²) in [5, 5.41) is 11.9. The third-order valence-corrected chi connectivity index (χ3v) is 6.51. The molecule has 1 amide bonds. The van der Waals surface area contributed by atoms with Crippen LogP contribution in [0.2, 0.25) is 5.02 Å². The van der Waals surface area contributed by atoms with Crippen molar-refractivity contribution in [1.29, 1.82) is 0 Å². The van der Waals surface area contributed by atoms with Crippen molar-refractivity contribution in [2.75, 3.05) is 32.4 Å². The highest BCUT2D eigenvalue weighted by Crippen LogP contribution is 2.39. The molecule has 0 fully saturated rings. The molecular weight excluding hydrogens is 516 g/mol. The van der Waals surface area contributed by atoms with E-state index in [-0.39, 0.29) is 28.2 Å². The molecule has 0 aliphatic heterocycles. The van der Waals surface area contributed by atoms with E-state index in [2.05, 4.69) is 15.5 Å². The minimum Gasteiger partial charge on any atom is -0.493 e. The van der Waals surface area contributed by atoms with E-state index in [0.29, 0.717) is 33.5 Å². The first-order valence-electron chi connectivity index (χ1n) is 11.0. The maximum atomic E-state index is 13.9. The van der Waals surface area contributed by atoms with E-state index >= 15 is 0 Å². The number of methoxy groups -OCH3 is 3. The molecule has 0 radical (unpaired) electrons. The first kappa shape index (κ1) is 26.1. The molecule has 9 nitrogen and oxygen atoms in total. The van der Waals surface area contributed by atoms with Crippen molar-refractivity contribution >= 4 is 40.9 Å². The molecule has 4 rings (SSSR count). The highest BCUT2D eigenvalue weighted by molar-refractivity contribution is 7.99. The minimum atomic E-state index is -0.467. The molecule has 0 unspecified atom stereocenters. The Hall–Kier alpha value is -4.02. The lowest BCUT2D eigenvalue weighted by Gasteiger charge is -2.15. The van der Waals surface area contributed by atoms with Gasteiger partial charge in [0.2, 0.25) is 11.7 Å². The van der Waals surface area contributed by atoms with Crippen LogP contribution in [0.15, 0.2) is 71.9 Å². The summed E-state index contributed by atoms with van der Waals surface area (Å²) in [6.45, 7) is 0. The van der Waals surface area contributed by atoms with Crippen LogP contribution in [0.5, 0.6) is 17.2 Å². The topological polar surface area (TPSA) is 105 Å². The van der Waals surface area contributed by atoms with Crippen molar-refractivity contribution in [3.05, 3.63) is 77.3 Å². The van der Waals surface area contributed by atoms with Crippen LogP contribution < -0.4 is 19.5 Å². The highest BCUT2D eigenvalue weighted by atomic mass is 35.5. The Morgan fingerprint density at radius 1 is 0.919 bits per heavy atom. The molecular formula is C26H23ClN4O5S. The molecule has 1 aromatic heterocycles. The molecule has 0 saturated heterocycles. The van der Waals surface area contributed by atoms with Gasteiger partial charge in [0.25, 0.3) is 5.91 Å². The number of anilines is 1. The van der Waals surface area contributed by atoms with E-state index in [9.17, 15) is 9.59 Å². The van der Waals surface area contributed by atoms with Gasteiger partial charge in [0.05, 0.1) is 32.1 Å². The molecule has 4 aromatic rings. The zero-order valence-electron chi connectivity index (χ0n) is 20.2. The van der Waals surface area contributed by atoms with Gasteiger partial charge in [-0.1, -0.05) is 53.7 Å². The van der Waals surface area contributed by atoms with Crippen molar-refractivity contribution in [3.8, 4) is 28.6 Å². The number of halogens is 1. The van der Waals surface area contributed by atoms with E-state index in [4.69, 9.17) is 25.8 Å². The predicted octanol–water partition coefficient (Wildman–Crippen LogP) is 5.04. The molecule has 0 aliphatic rings. The summed E-state index contributed by atoms with van der Waals surface area (Å²) in [6.07, 6.45) is 0. The summed E-state index contributed by atoms with van der Waals surface area (Å²) in [7, 11) is 4.41. The van der Waals surface area contributed by atoms with Gasteiger partial charge in [-0.2, -0.15) is 0 Å². The SMILES string of the molecule is COc1cc(C(=O)n2c(SCC(=O)Nc3ccccc3)nnc2-c2ccccc2Cl)cc(OC)c1OC. The second kappa shape index (κ2) is 11.8. The number of nitrogens with zero attached hydrogens (tertiary/aromatic N) is 3. The monoisotopic (exact) mass is 538 g/mol. The van der Waals surface area contributed by atoms with Gasteiger partial charge in [-0.15, -0.1) is 10.2 Å². The lowest BCUT2D eigenvalue weighted by molar-refractivity contribution is -0.113. The zero-order valence-corrected chi connectivity index (χ0v) is 21.8. The number of ether oxygens (including phenoxy) is 3. The summed E-state index contributed by atoms with van der Waals surface area (Å²) in [4.78, 5) is 26.4. The predicted molar refractivity (Wildman–Crippen MR) is 142 cm³/mol. The van der Waals surface area contributed by atoms with Crippen molar-refractivity contribution in [1.82, 2.24) is 14.8 Å². The highest BCUT2D eigenvalue weighted by Gasteiger charge is 2.26. The molecule has 37 heavy (non-hydrogen) atoms. The Labute approximate surface area is 222 Å². The first-order chi connectivity index (χ1) is 18.0. The van der Waals surface area contributed by atoms with Crippen LogP contribution in [0, 0.1) is 0 Å². The number of benzene rings is 3. The maximum absolute atomic E-state index is 13.9. The van der Waals surface area contributed by atoms with Gasteiger partial charge >= 0.3 is 0 Å². The number of carbonyl (C=O) groups excluding carboxylic acids is 2. The van der Waals surface area contributed by atoms with Gasteiger partial charge < -0.3 is 19.5 Å². The molecule has 1 heterocycles. The molecule has 0 atom stereocenters. The largest absolute Gasteiger partial charge is 0.493 e. The second-order valence-corrected chi connectivity index (χ2v) is 8.89. The number of aromatic nitrogens is 3. The number of hydrogen-bond donors (Lipinski definition) is 1. The molecule has 0 bridgehead atoms. The summed E-state index contributed by atoms with van der Waals surface area (Å²) in [5.74, 6) is 0.482. The Morgan fingerprint density at radius 3 is 2.19 bits per heavy atom. The Morgan fingerprint density at radius 2 is 1.57 bits per heavy atom. The smallest absolute Gasteiger partial charge is 0.266 e. The summed E-state index contributed by atoms with van der Waals surface area (Å²) >= 11 is 7.50. The summed E-state index contributed by atoms with van der Waals surface area (Å²) in [5.41, 5.74) is 1.41. The molecule has 0 spiro atoms. The second-order valence-electron chi connectivity index (χ2n) is 7.54. The number of hydrogen-bond acceptors (Lipinski definition) is 8. The standard InChI is InChI=1S/C26H23ClN4O5S/c1-34-20-13-16(14-21(35-2)23(20)36-3)25(33)31-24(18-11-7-8-12-19(18)27)29-30-26(31)37-15-22(32)28-17-9-5-4-6-10-17/h4-14H,15H2,1-3H3,(H,28,32). The molecule has 3 aromatic carbocycles. The minimum absolute atomic E-state index is 0.00190. The fourth-order valence-electron chi connectivity index (χ4n) is 3.55. The Kier molecular flexibility index (Phi) is 8.32. The number of carbonyl (C=O) groups is 2. The number of para-hydroxylation sites is 1. The fourth-order valence-corrected chi connectivity index (χ4v) is 4.50. The molecule has 1 N–H and O–H groups in total. The molecule has 190 valence electrons. The van der Waals surface area contributed by atoms with E-state index in [1.807, 2.05) is 18.2 Å². The van der Waals surface area contributed by atoms with Gasteiger partial charge in [0.15, 0.2) is 22.5 Å². The number of nitrogens with one attached hydrogen (secondary N) is 1. The van der Waals surface area contributed by atoms with Gasteiger partial charge in [-0.05, 0) is 36.4 Å².